The monoisotopic (exact) mass is 1660 g/mol. The first-order chi connectivity index (χ1) is 54.8. The van der Waals surface area contributed by atoms with Crippen molar-refractivity contribution in [2.24, 2.45) is 21.8 Å². The number of benzene rings is 10. The minimum absolute atomic E-state index is 0.0112. The van der Waals surface area contributed by atoms with Crippen LogP contribution in [0.25, 0.3) is 66.8 Å². The number of hydrogen-bond acceptors (Lipinski definition) is 18. The van der Waals surface area contributed by atoms with Crippen molar-refractivity contribution in [3.8, 4) is 44.9 Å². The molecule has 2 aliphatic carbocycles. The van der Waals surface area contributed by atoms with E-state index in [2.05, 4.69) is 31.9 Å². The Bertz CT molecular complexity index is 6810. The Balaban J connectivity index is 0.833. The molecule has 10 N–H and O–H groups in total. The number of rotatable bonds is 22. The van der Waals surface area contributed by atoms with Crippen molar-refractivity contribution in [3.63, 3.8) is 0 Å². The fourth-order valence-corrected chi connectivity index (χ4v) is 17.7. The smallest absolute Gasteiger partial charge is 0.296 e. The van der Waals surface area contributed by atoms with Crippen LogP contribution in [0.15, 0.2) is 172 Å². The number of carbonyl (C=O) groups excluding carboxylic acids is 4. The minimum Gasteiger partial charge on any atom is -0.456 e. The largest absolute Gasteiger partial charge is 0.456 e. The summed E-state index contributed by atoms with van der Waals surface area (Å²) in [7, 11) is -20.1. The van der Waals surface area contributed by atoms with Crippen LogP contribution in [0.4, 0.5) is 56.9 Å². The van der Waals surface area contributed by atoms with Gasteiger partial charge in [-0.05, 0) is 205 Å². The molecule has 117 heavy (non-hydrogen) atoms. The van der Waals surface area contributed by atoms with E-state index in [9.17, 15) is 71.1 Å². The average molecular weight is 1660 g/mol. The highest BCUT2D eigenvalue weighted by Crippen LogP contribution is 2.48. The number of aryl methyl sites for hydroxylation is 8. The summed E-state index contributed by atoms with van der Waals surface area (Å²) in [5.41, 5.74) is 13.1. The lowest BCUT2D eigenvalue weighted by Gasteiger charge is -2.21. The maximum absolute atomic E-state index is 14.0. The number of fused-ring (bicyclic) bond motifs is 4. The minimum atomic E-state index is -5.16. The lowest BCUT2D eigenvalue weighted by atomic mass is 9.93. The molecule has 0 atom stereocenters. The first-order valence-electron chi connectivity index (χ1n) is 37.3. The highest BCUT2D eigenvalue weighted by molar-refractivity contribution is 7.86. The van der Waals surface area contributed by atoms with Gasteiger partial charge < -0.3 is 40.7 Å². The zero-order valence-electron chi connectivity index (χ0n) is 67.0. The Hall–Kier alpha value is -11.7. The molecular formula is C87H88N8O18S4. The van der Waals surface area contributed by atoms with Crippen LogP contribution >= 0.6 is 0 Å². The third kappa shape index (κ3) is 17.4. The second-order valence-electron chi connectivity index (χ2n) is 30.1. The van der Waals surface area contributed by atoms with E-state index in [0.29, 0.717) is 84.4 Å². The van der Waals surface area contributed by atoms with Crippen LogP contribution in [0, 0.1) is 94.9 Å². The summed E-state index contributed by atoms with van der Waals surface area (Å²) in [6.45, 7) is 28.7. The number of carbonyl (C=O) groups is 4. The Morgan fingerprint density at radius 3 is 1.03 bits per heavy atom. The topological polar surface area (TPSA) is 409 Å². The summed E-state index contributed by atoms with van der Waals surface area (Å²) in [5.74, 6) is -2.01. The van der Waals surface area contributed by atoms with Gasteiger partial charge in [0.05, 0.1) is 22.1 Å². The third-order valence-corrected chi connectivity index (χ3v) is 24.3. The van der Waals surface area contributed by atoms with Gasteiger partial charge in [-0.15, -0.1) is 0 Å². The zero-order chi connectivity index (χ0) is 85.3. The maximum atomic E-state index is 14.0. The molecule has 0 spiro atoms. The van der Waals surface area contributed by atoms with Crippen molar-refractivity contribution < 1.29 is 79.9 Å². The van der Waals surface area contributed by atoms with E-state index in [-0.39, 0.29) is 132 Å². The van der Waals surface area contributed by atoms with Crippen molar-refractivity contribution in [3.05, 3.63) is 211 Å². The summed E-state index contributed by atoms with van der Waals surface area (Å²) in [4.78, 5) is 61.3. The molecule has 4 amide bonds. The van der Waals surface area contributed by atoms with Gasteiger partial charge in [-0.2, -0.15) is 33.7 Å². The summed E-state index contributed by atoms with van der Waals surface area (Å²) in [6.07, 6.45) is -0.145. The van der Waals surface area contributed by atoms with Crippen molar-refractivity contribution in [2.45, 2.75) is 150 Å². The first kappa shape index (κ1) is 84.7. The van der Waals surface area contributed by atoms with Crippen LogP contribution in [0.2, 0.25) is 0 Å². The lowest BCUT2D eigenvalue weighted by molar-refractivity contribution is -0.119. The Morgan fingerprint density at radius 1 is 0.359 bits per heavy atom. The van der Waals surface area contributed by atoms with Crippen molar-refractivity contribution in [1.29, 1.82) is 0 Å². The molecule has 0 saturated heterocycles. The van der Waals surface area contributed by atoms with Crippen LogP contribution in [0.1, 0.15) is 114 Å². The van der Waals surface area contributed by atoms with Crippen LogP contribution in [-0.2, 0) is 59.7 Å². The molecule has 30 heteroatoms. The van der Waals surface area contributed by atoms with E-state index in [1.54, 1.807) is 124 Å². The van der Waals surface area contributed by atoms with Gasteiger partial charge in [-0.25, -0.2) is 9.98 Å². The van der Waals surface area contributed by atoms with Gasteiger partial charge in [0.15, 0.2) is 0 Å². The predicted octanol–water partition coefficient (Wildman–Crippen LogP) is 18.3. The number of nitrogens with one attached hydrogen (secondary N) is 6. The predicted molar refractivity (Wildman–Crippen MR) is 453 cm³/mol. The van der Waals surface area contributed by atoms with Gasteiger partial charge in [0.2, 0.25) is 23.6 Å². The van der Waals surface area contributed by atoms with E-state index < -0.39 is 71.9 Å². The Labute approximate surface area is 677 Å². The normalized spacial score (nSPS) is 12.5. The van der Waals surface area contributed by atoms with Crippen LogP contribution < -0.4 is 42.6 Å². The summed E-state index contributed by atoms with van der Waals surface area (Å²) < 4.78 is 163. The van der Waals surface area contributed by atoms with Crippen molar-refractivity contribution in [2.75, 3.05) is 31.9 Å². The lowest BCUT2D eigenvalue weighted by Crippen LogP contribution is -2.19. The molecule has 4 aliphatic rings. The molecule has 12 rings (SSSR count). The molecule has 2 heterocycles. The second-order valence-corrected chi connectivity index (χ2v) is 35.7. The highest BCUT2D eigenvalue weighted by atomic mass is 32.2. The zero-order valence-corrected chi connectivity index (χ0v) is 70.3. The summed E-state index contributed by atoms with van der Waals surface area (Å²) in [6, 6.07) is 33.2. The van der Waals surface area contributed by atoms with Crippen LogP contribution in [-0.4, -0.2) is 75.5 Å². The fourth-order valence-electron chi connectivity index (χ4n) is 15.0. The summed E-state index contributed by atoms with van der Waals surface area (Å²) in [5, 5.41) is 18.9. The van der Waals surface area contributed by atoms with E-state index >= 15 is 0 Å². The molecule has 0 bridgehead atoms. The first-order valence-corrected chi connectivity index (χ1v) is 43.0. The molecule has 0 fully saturated rings. The highest BCUT2D eigenvalue weighted by Gasteiger charge is 2.31. The molecule has 608 valence electrons. The number of hydrogen-bond donors (Lipinski definition) is 10. The second kappa shape index (κ2) is 32.4. The van der Waals surface area contributed by atoms with E-state index in [4.69, 9.17) is 18.8 Å². The molecule has 8 aromatic carbocycles. The Kier molecular flexibility index (Phi) is 23.4. The van der Waals surface area contributed by atoms with Gasteiger partial charge in [0.25, 0.3) is 40.5 Å². The molecule has 0 saturated carbocycles. The molecule has 2 aliphatic heterocycles. The van der Waals surface area contributed by atoms with Gasteiger partial charge >= 0.3 is 0 Å². The van der Waals surface area contributed by atoms with Crippen LogP contribution in [0.5, 0.6) is 0 Å². The average Bonchev–Trinajstić information content (AvgIpc) is 0.735. The maximum Gasteiger partial charge on any atom is 0.296 e. The SMILES string of the molecule is Cc1cc(C)c(NC(=O)CCCC(=O)Nc2c(C)cc(C)c(Nc3ccc4c(-c5ccccc5S(=O)(=O)O)c5cc(S(=O)(=O)O)/c(=N\c6c(C)cc(C)c(NC(=O)C(C)C)c6C)cc-5oc4c3)c2C)c(C)c1/N=c1/cc2oc3cc(Nc4c(C)cc(C)c(NC(=O)C(C)C)c4C)ccc3c(-c3ccccc3S(=O)(=O)O)c-2cc1S(=O)(=O)O. The quantitative estimate of drug-likeness (QED) is 0.0222. The standard InChI is InChI=1S/C87H88N8O18S4/c1-42(2)86(98)94-84-50(11)33-45(6)79(53(84)14)89-57-29-31-59-67(37-57)113-68-40-64(72(116(106,107)108)38-62(68)77(59)61-23-18-20-25-71(61)115(103,104)105)90-80-46(7)34-49(10)83(54(80)15)93-75(97)27-21-26-74(96)92-82-48(9)32-44(5)78(52(82)13)88-56-28-30-58-66(36-56)112-69-41-65(91-81-47(8)35-51(12)85(55(81)16)95-87(99)43(3)4)73(117(109,110)111)39-63(69)76(58)60-22-17-19-24-70(60)114(100,101)102/h17-20,22-25,28-43,88-89H,21,26-27H2,1-16H3,(H,92,96)(H,93,97)(H,94,98)(H,95,99)(H,100,101,102)(H,103,104,105)(H,106,107,108)(H,109,110,111)/b90-64-,91-65-. The van der Waals surface area contributed by atoms with Gasteiger partial charge in [-0.1, -0.05) is 88.4 Å². The van der Waals surface area contributed by atoms with Gasteiger partial charge in [0, 0.05) is 139 Å². The molecule has 26 nitrogen and oxygen atoms in total. The van der Waals surface area contributed by atoms with Gasteiger partial charge in [-0.3, -0.25) is 37.4 Å². The van der Waals surface area contributed by atoms with Crippen LogP contribution in [0.3, 0.4) is 0 Å². The number of anilines is 8. The molecule has 0 radical (unpaired) electrons. The third-order valence-electron chi connectivity index (χ3n) is 20.7. The van der Waals surface area contributed by atoms with Crippen molar-refractivity contribution in [1.82, 2.24) is 0 Å². The van der Waals surface area contributed by atoms with Crippen molar-refractivity contribution >= 4 is 143 Å². The van der Waals surface area contributed by atoms with E-state index in [1.807, 2.05) is 53.7 Å². The summed E-state index contributed by atoms with van der Waals surface area (Å²) >= 11 is 0. The van der Waals surface area contributed by atoms with E-state index in [1.165, 1.54) is 54.6 Å². The molecular weight excluding hydrogens is 1570 g/mol. The molecule has 0 unspecified atom stereocenters. The molecule has 0 aromatic heterocycles. The number of nitrogens with zero attached hydrogens (tertiary/aromatic N) is 2. The van der Waals surface area contributed by atoms with E-state index in [0.717, 1.165) is 39.9 Å². The Morgan fingerprint density at radius 2 is 0.675 bits per heavy atom. The fraction of sp³-hybridized carbons (Fsp3) is 0.241. The number of amides is 4. The van der Waals surface area contributed by atoms with Gasteiger partial charge in [0.1, 0.15) is 42.3 Å². The molecule has 8 aromatic rings.